The summed E-state index contributed by atoms with van der Waals surface area (Å²) in [7, 11) is 0. The van der Waals surface area contributed by atoms with Gasteiger partial charge in [0.05, 0.1) is 6.67 Å². The number of nitrogens with zero attached hydrogens (tertiary/aromatic N) is 1. The van der Waals surface area contributed by atoms with Crippen LogP contribution in [0.4, 0.5) is 9.18 Å². The van der Waals surface area contributed by atoms with Crippen molar-refractivity contribution in [3.63, 3.8) is 0 Å². The number of carbonyl (C=O) groups is 1. The maximum atomic E-state index is 12.7. The Balaban J connectivity index is 1.82. The Bertz CT molecular complexity index is 396. The molecule has 1 saturated heterocycles. The predicted octanol–water partition coefficient (Wildman–Crippen LogP) is 2.86. The Morgan fingerprint density at radius 3 is 2.72 bits per heavy atom. The first-order chi connectivity index (χ1) is 8.70. The van der Waals surface area contributed by atoms with E-state index in [0.29, 0.717) is 13.1 Å². The predicted molar refractivity (Wildman–Crippen MR) is 66.8 cm³/mol. The minimum Gasteiger partial charge on any atom is -0.445 e. The molecular formula is C14H18FNO2. The molecule has 3 nitrogen and oxygen atoms in total. The van der Waals surface area contributed by atoms with Crippen molar-refractivity contribution in [3.8, 4) is 0 Å². The van der Waals surface area contributed by atoms with Crippen molar-refractivity contribution in [2.45, 2.75) is 13.5 Å². The highest BCUT2D eigenvalue weighted by molar-refractivity contribution is 5.68. The van der Waals surface area contributed by atoms with Crippen molar-refractivity contribution in [2.24, 2.45) is 11.8 Å². The molecule has 18 heavy (non-hydrogen) atoms. The Kier molecular flexibility index (Phi) is 4.18. The highest BCUT2D eigenvalue weighted by Gasteiger charge is 2.33. The number of hydrogen-bond donors (Lipinski definition) is 0. The van der Waals surface area contributed by atoms with Crippen LogP contribution in [0.5, 0.6) is 0 Å². The third-order valence-corrected chi connectivity index (χ3v) is 3.43. The molecule has 1 amide bonds. The normalized spacial score (nSPS) is 23.1. The van der Waals surface area contributed by atoms with E-state index in [1.54, 1.807) is 4.90 Å². The van der Waals surface area contributed by atoms with E-state index in [4.69, 9.17) is 4.74 Å². The Hall–Kier alpha value is -1.58. The number of rotatable bonds is 3. The van der Waals surface area contributed by atoms with Crippen LogP contribution >= 0.6 is 0 Å². The minimum atomic E-state index is -0.371. The molecule has 2 atom stereocenters. The van der Waals surface area contributed by atoms with Crippen molar-refractivity contribution < 1.29 is 13.9 Å². The standard InChI is InChI=1S/C14H18FNO2/c1-11-8-16(9-13(11)7-15)14(17)18-10-12-5-3-2-4-6-12/h2-6,11,13H,7-10H2,1H3/t11-,13+/m1/s1. The van der Waals surface area contributed by atoms with Crippen LogP contribution in [0.1, 0.15) is 12.5 Å². The molecule has 1 aromatic carbocycles. The van der Waals surface area contributed by atoms with Gasteiger partial charge in [-0.05, 0) is 11.5 Å². The molecule has 98 valence electrons. The SMILES string of the molecule is C[C@@H]1CN(C(=O)OCc2ccccc2)C[C@@H]1CF. The first kappa shape index (κ1) is 12.9. The summed E-state index contributed by atoms with van der Waals surface area (Å²) in [6.07, 6.45) is -0.346. The van der Waals surface area contributed by atoms with Crippen molar-refractivity contribution in [2.75, 3.05) is 19.8 Å². The molecule has 1 heterocycles. The number of halogens is 1. The van der Waals surface area contributed by atoms with Crippen LogP contribution in [-0.2, 0) is 11.3 Å². The number of benzene rings is 1. The molecular weight excluding hydrogens is 233 g/mol. The molecule has 2 rings (SSSR count). The van der Waals surface area contributed by atoms with E-state index in [-0.39, 0.29) is 31.2 Å². The lowest BCUT2D eigenvalue weighted by Gasteiger charge is -2.15. The van der Waals surface area contributed by atoms with E-state index in [2.05, 4.69) is 0 Å². The highest BCUT2D eigenvalue weighted by atomic mass is 19.1. The topological polar surface area (TPSA) is 29.5 Å². The molecule has 0 spiro atoms. The van der Waals surface area contributed by atoms with E-state index in [1.165, 1.54) is 0 Å². The van der Waals surface area contributed by atoms with E-state index < -0.39 is 0 Å². The lowest BCUT2D eigenvalue weighted by atomic mass is 10.0. The van der Waals surface area contributed by atoms with Crippen LogP contribution in [0.15, 0.2) is 30.3 Å². The number of carbonyl (C=O) groups excluding carboxylic acids is 1. The molecule has 1 aliphatic heterocycles. The molecule has 0 radical (unpaired) electrons. The molecule has 0 N–H and O–H groups in total. The number of hydrogen-bond acceptors (Lipinski definition) is 2. The summed E-state index contributed by atoms with van der Waals surface area (Å²) < 4.78 is 17.9. The highest BCUT2D eigenvalue weighted by Crippen LogP contribution is 2.23. The van der Waals surface area contributed by atoms with Crippen LogP contribution in [0.2, 0.25) is 0 Å². The van der Waals surface area contributed by atoms with Crippen LogP contribution < -0.4 is 0 Å². The van der Waals surface area contributed by atoms with Gasteiger partial charge in [-0.3, -0.25) is 4.39 Å². The number of amides is 1. The number of ether oxygens (including phenoxy) is 1. The summed E-state index contributed by atoms with van der Waals surface area (Å²) in [5.41, 5.74) is 0.958. The zero-order valence-electron chi connectivity index (χ0n) is 10.5. The van der Waals surface area contributed by atoms with Gasteiger partial charge in [0.25, 0.3) is 0 Å². The van der Waals surface area contributed by atoms with Gasteiger partial charge >= 0.3 is 6.09 Å². The van der Waals surface area contributed by atoms with E-state index in [1.807, 2.05) is 37.3 Å². The summed E-state index contributed by atoms with van der Waals surface area (Å²) in [4.78, 5) is 13.4. The molecule has 4 heteroatoms. The first-order valence-electron chi connectivity index (χ1n) is 6.22. The summed E-state index contributed by atoms with van der Waals surface area (Å²) in [5.74, 6) is 0.161. The molecule has 0 unspecified atom stereocenters. The van der Waals surface area contributed by atoms with Gasteiger partial charge in [-0.1, -0.05) is 37.3 Å². The van der Waals surface area contributed by atoms with Gasteiger partial charge < -0.3 is 9.64 Å². The lowest BCUT2D eigenvalue weighted by Crippen LogP contribution is -2.29. The second kappa shape index (κ2) is 5.85. The number of alkyl halides is 1. The van der Waals surface area contributed by atoms with Gasteiger partial charge in [0.15, 0.2) is 0 Å². The average Bonchev–Trinajstić information content (AvgIpc) is 2.78. The van der Waals surface area contributed by atoms with Gasteiger partial charge in [-0.25, -0.2) is 4.79 Å². The smallest absolute Gasteiger partial charge is 0.410 e. The van der Waals surface area contributed by atoms with Crippen molar-refractivity contribution >= 4 is 6.09 Å². The van der Waals surface area contributed by atoms with E-state index >= 15 is 0 Å². The molecule has 0 bridgehead atoms. The molecule has 1 aliphatic rings. The maximum Gasteiger partial charge on any atom is 0.410 e. The minimum absolute atomic E-state index is 0.0470. The second-order valence-corrected chi connectivity index (χ2v) is 4.84. The molecule has 1 aromatic rings. The van der Waals surface area contributed by atoms with Crippen molar-refractivity contribution in [3.05, 3.63) is 35.9 Å². The van der Waals surface area contributed by atoms with Crippen LogP contribution in [-0.4, -0.2) is 30.8 Å². The summed E-state index contributed by atoms with van der Waals surface area (Å²) in [6, 6.07) is 9.54. The molecule has 1 fully saturated rings. The zero-order valence-corrected chi connectivity index (χ0v) is 10.5. The van der Waals surface area contributed by atoms with Crippen LogP contribution in [0.3, 0.4) is 0 Å². The first-order valence-corrected chi connectivity index (χ1v) is 6.22. The van der Waals surface area contributed by atoms with Gasteiger partial charge in [0.1, 0.15) is 6.61 Å². The van der Waals surface area contributed by atoms with Gasteiger partial charge in [0, 0.05) is 19.0 Å². The average molecular weight is 251 g/mol. The second-order valence-electron chi connectivity index (χ2n) is 4.84. The fraction of sp³-hybridized carbons (Fsp3) is 0.500. The monoisotopic (exact) mass is 251 g/mol. The fourth-order valence-corrected chi connectivity index (χ4v) is 2.19. The van der Waals surface area contributed by atoms with E-state index in [0.717, 1.165) is 5.56 Å². The Labute approximate surface area is 107 Å². The largest absolute Gasteiger partial charge is 0.445 e. The van der Waals surface area contributed by atoms with Crippen LogP contribution in [0.25, 0.3) is 0 Å². The molecule has 0 aromatic heterocycles. The zero-order chi connectivity index (χ0) is 13.0. The van der Waals surface area contributed by atoms with Gasteiger partial charge in [0.2, 0.25) is 0 Å². The van der Waals surface area contributed by atoms with Crippen LogP contribution in [0, 0.1) is 11.8 Å². The van der Waals surface area contributed by atoms with Gasteiger partial charge in [-0.15, -0.1) is 0 Å². The summed E-state index contributed by atoms with van der Waals surface area (Å²) in [6.45, 7) is 2.91. The Morgan fingerprint density at radius 1 is 1.39 bits per heavy atom. The van der Waals surface area contributed by atoms with Gasteiger partial charge in [-0.2, -0.15) is 0 Å². The lowest BCUT2D eigenvalue weighted by molar-refractivity contribution is 0.102. The van der Waals surface area contributed by atoms with Crippen molar-refractivity contribution in [1.82, 2.24) is 4.90 Å². The molecule has 0 aliphatic carbocycles. The Morgan fingerprint density at radius 2 is 2.11 bits per heavy atom. The third kappa shape index (κ3) is 3.00. The van der Waals surface area contributed by atoms with E-state index in [9.17, 15) is 9.18 Å². The maximum absolute atomic E-state index is 12.7. The quantitative estimate of drug-likeness (QED) is 0.826. The fourth-order valence-electron chi connectivity index (χ4n) is 2.19. The third-order valence-electron chi connectivity index (χ3n) is 3.43. The summed E-state index contributed by atoms with van der Waals surface area (Å²) in [5, 5.41) is 0. The number of likely N-dealkylation sites (tertiary alicyclic amines) is 1. The molecule has 0 saturated carbocycles. The van der Waals surface area contributed by atoms with Crippen molar-refractivity contribution in [1.29, 1.82) is 0 Å². The summed E-state index contributed by atoms with van der Waals surface area (Å²) >= 11 is 0.